The zero-order valence-corrected chi connectivity index (χ0v) is 8.12. The van der Waals surface area contributed by atoms with Crippen LogP contribution in [0, 0.1) is 5.92 Å². The molecular weight excluding hydrogens is 164 g/mol. The highest BCUT2D eigenvalue weighted by molar-refractivity contribution is 5.76. The summed E-state index contributed by atoms with van der Waals surface area (Å²) >= 11 is 0. The molecule has 3 N–H and O–H groups in total. The lowest BCUT2D eigenvalue weighted by Gasteiger charge is -2.13. The Balaban J connectivity index is 2.20. The summed E-state index contributed by atoms with van der Waals surface area (Å²) in [7, 11) is 0. The summed E-state index contributed by atoms with van der Waals surface area (Å²) in [6, 6.07) is 0.0953. The Labute approximate surface area is 79.4 Å². The molecule has 1 rings (SSSR count). The van der Waals surface area contributed by atoms with Gasteiger partial charge in [-0.3, -0.25) is 4.79 Å². The highest BCUT2D eigenvalue weighted by Crippen LogP contribution is 2.19. The summed E-state index contributed by atoms with van der Waals surface area (Å²) < 4.78 is 0. The Kier molecular flexibility index (Phi) is 3.96. The minimum Gasteiger partial charge on any atom is -0.352 e. The van der Waals surface area contributed by atoms with Gasteiger partial charge in [-0.2, -0.15) is 0 Å². The van der Waals surface area contributed by atoms with Gasteiger partial charge in [0, 0.05) is 19.0 Å². The number of nitrogens with one attached hydrogen (secondary N) is 1. The molecule has 0 fully saturated rings. The summed E-state index contributed by atoms with van der Waals surface area (Å²) in [5, 5.41) is 2.86. The zero-order chi connectivity index (χ0) is 9.68. The molecule has 0 aromatic heterocycles. The first-order valence-electron chi connectivity index (χ1n) is 4.88. The van der Waals surface area contributed by atoms with Gasteiger partial charge in [-0.15, -0.1) is 0 Å². The van der Waals surface area contributed by atoms with Crippen molar-refractivity contribution < 1.29 is 4.79 Å². The molecule has 0 saturated carbocycles. The molecular formula is C10H18N2O. The molecule has 2 atom stereocenters. The first-order chi connectivity index (χ1) is 6.22. The normalized spacial score (nSPS) is 23.1. The zero-order valence-electron chi connectivity index (χ0n) is 8.12. The molecule has 0 aliphatic heterocycles. The van der Waals surface area contributed by atoms with Crippen molar-refractivity contribution in [1.29, 1.82) is 0 Å². The van der Waals surface area contributed by atoms with Gasteiger partial charge in [-0.1, -0.05) is 12.2 Å². The van der Waals surface area contributed by atoms with Gasteiger partial charge < -0.3 is 11.1 Å². The number of allylic oxidation sites excluding steroid dienone is 2. The first kappa shape index (κ1) is 10.3. The molecule has 3 nitrogen and oxygen atoms in total. The van der Waals surface area contributed by atoms with Gasteiger partial charge in [0.25, 0.3) is 0 Å². The number of rotatable bonds is 4. The summed E-state index contributed by atoms with van der Waals surface area (Å²) in [5.41, 5.74) is 5.40. The number of carbonyl (C=O) groups is 1. The van der Waals surface area contributed by atoms with Gasteiger partial charge in [0.15, 0.2) is 0 Å². The van der Waals surface area contributed by atoms with Crippen molar-refractivity contribution in [3.8, 4) is 0 Å². The predicted octanol–water partition coefficient (Wildman–Crippen LogP) is 0.806. The fourth-order valence-electron chi connectivity index (χ4n) is 1.50. The maximum atomic E-state index is 11.4. The van der Waals surface area contributed by atoms with Crippen molar-refractivity contribution in [3.63, 3.8) is 0 Å². The Morgan fingerprint density at radius 2 is 2.54 bits per heavy atom. The fraction of sp³-hybridized carbons (Fsp3) is 0.700. The van der Waals surface area contributed by atoms with E-state index in [2.05, 4.69) is 17.5 Å². The van der Waals surface area contributed by atoms with E-state index < -0.39 is 0 Å². The van der Waals surface area contributed by atoms with Crippen molar-refractivity contribution in [1.82, 2.24) is 5.32 Å². The minimum absolute atomic E-state index is 0.0953. The van der Waals surface area contributed by atoms with Gasteiger partial charge in [0.1, 0.15) is 0 Å². The van der Waals surface area contributed by atoms with Crippen molar-refractivity contribution in [2.24, 2.45) is 11.7 Å². The van der Waals surface area contributed by atoms with Gasteiger partial charge in [-0.25, -0.2) is 0 Å². The van der Waals surface area contributed by atoms with E-state index in [1.165, 1.54) is 0 Å². The fourth-order valence-corrected chi connectivity index (χ4v) is 1.50. The average molecular weight is 182 g/mol. The number of nitrogens with two attached hydrogens (primary N) is 1. The van der Waals surface area contributed by atoms with Crippen molar-refractivity contribution in [3.05, 3.63) is 12.2 Å². The van der Waals surface area contributed by atoms with E-state index in [1.807, 2.05) is 6.92 Å². The van der Waals surface area contributed by atoms with Crippen LogP contribution in [0.5, 0.6) is 0 Å². The molecule has 0 aromatic rings. The largest absolute Gasteiger partial charge is 0.352 e. The summed E-state index contributed by atoms with van der Waals surface area (Å²) in [5.74, 6) is 0.569. The van der Waals surface area contributed by atoms with Gasteiger partial charge in [0.05, 0.1) is 0 Å². The van der Waals surface area contributed by atoms with Crippen molar-refractivity contribution >= 4 is 5.91 Å². The van der Waals surface area contributed by atoms with Crippen LogP contribution in [0.3, 0.4) is 0 Å². The number of carbonyl (C=O) groups excluding carboxylic acids is 1. The first-order valence-corrected chi connectivity index (χ1v) is 4.88. The van der Waals surface area contributed by atoms with Crippen LogP contribution < -0.4 is 11.1 Å². The molecule has 2 unspecified atom stereocenters. The van der Waals surface area contributed by atoms with Crippen molar-refractivity contribution in [2.75, 3.05) is 6.54 Å². The SMILES string of the molecule is CC(CN)NC(=O)CC1C=CCC1. The van der Waals surface area contributed by atoms with Crippen LogP contribution in [0.1, 0.15) is 26.2 Å². The van der Waals surface area contributed by atoms with Gasteiger partial charge in [0.2, 0.25) is 5.91 Å². The highest BCUT2D eigenvalue weighted by atomic mass is 16.1. The average Bonchev–Trinajstić information content (AvgIpc) is 2.56. The Morgan fingerprint density at radius 3 is 3.08 bits per heavy atom. The van der Waals surface area contributed by atoms with Crippen molar-refractivity contribution in [2.45, 2.75) is 32.2 Å². The number of hydrogen-bond acceptors (Lipinski definition) is 2. The molecule has 0 radical (unpaired) electrons. The molecule has 0 heterocycles. The lowest BCUT2D eigenvalue weighted by Crippen LogP contribution is -2.38. The van der Waals surface area contributed by atoms with Gasteiger partial charge >= 0.3 is 0 Å². The molecule has 74 valence electrons. The molecule has 0 bridgehead atoms. The van der Waals surface area contributed by atoms with E-state index >= 15 is 0 Å². The van der Waals surface area contributed by atoms with Crippen LogP contribution in [0.4, 0.5) is 0 Å². The van der Waals surface area contributed by atoms with Crippen LogP contribution in [0.15, 0.2) is 12.2 Å². The Bertz CT molecular complexity index is 201. The number of amides is 1. The second-order valence-electron chi connectivity index (χ2n) is 3.67. The number of hydrogen-bond donors (Lipinski definition) is 2. The maximum absolute atomic E-state index is 11.4. The predicted molar refractivity (Wildman–Crippen MR) is 53.1 cm³/mol. The summed E-state index contributed by atoms with van der Waals surface area (Å²) in [4.78, 5) is 11.4. The summed E-state index contributed by atoms with van der Waals surface area (Å²) in [6.07, 6.45) is 7.12. The molecule has 1 aliphatic rings. The van der Waals surface area contributed by atoms with E-state index in [0.717, 1.165) is 12.8 Å². The Hall–Kier alpha value is -0.830. The second kappa shape index (κ2) is 5.02. The van der Waals surface area contributed by atoms with E-state index in [1.54, 1.807) is 0 Å². The standard InChI is InChI=1S/C10H18N2O/c1-8(7-11)12-10(13)6-9-4-2-3-5-9/h2,4,8-9H,3,5-7,11H2,1H3,(H,12,13). The van der Waals surface area contributed by atoms with Gasteiger partial charge in [-0.05, 0) is 25.7 Å². The smallest absolute Gasteiger partial charge is 0.220 e. The molecule has 0 saturated heterocycles. The van der Waals surface area contributed by atoms with Crippen LogP contribution in [0.25, 0.3) is 0 Å². The molecule has 0 spiro atoms. The molecule has 3 heteroatoms. The minimum atomic E-state index is 0.0953. The second-order valence-corrected chi connectivity index (χ2v) is 3.67. The van der Waals surface area contributed by atoms with Crippen LogP contribution >= 0.6 is 0 Å². The molecule has 0 aromatic carbocycles. The molecule has 1 aliphatic carbocycles. The lowest BCUT2D eigenvalue weighted by molar-refractivity contribution is -0.122. The van der Waals surface area contributed by atoms with Crippen LogP contribution in [0.2, 0.25) is 0 Å². The third-order valence-corrected chi connectivity index (χ3v) is 2.32. The summed E-state index contributed by atoms with van der Waals surface area (Å²) in [6.45, 7) is 2.43. The van der Waals surface area contributed by atoms with E-state index in [-0.39, 0.29) is 11.9 Å². The van der Waals surface area contributed by atoms with E-state index in [4.69, 9.17) is 5.73 Å². The maximum Gasteiger partial charge on any atom is 0.220 e. The van der Waals surface area contributed by atoms with E-state index in [9.17, 15) is 4.79 Å². The monoisotopic (exact) mass is 182 g/mol. The third kappa shape index (κ3) is 3.59. The lowest BCUT2D eigenvalue weighted by atomic mass is 10.0. The molecule has 1 amide bonds. The van der Waals surface area contributed by atoms with Crippen LogP contribution in [-0.4, -0.2) is 18.5 Å². The Morgan fingerprint density at radius 1 is 1.77 bits per heavy atom. The highest BCUT2D eigenvalue weighted by Gasteiger charge is 2.14. The van der Waals surface area contributed by atoms with Crippen LogP contribution in [-0.2, 0) is 4.79 Å². The third-order valence-electron chi connectivity index (χ3n) is 2.32. The van der Waals surface area contributed by atoms with E-state index in [0.29, 0.717) is 18.9 Å². The molecule has 13 heavy (non-hydrogen) atoms. The quantitative estimate of drug-likeness (QED) is 0.632. The topological polar surface area (TPSA) is 55.1 Å².